The van der Waals surface area contributed by atoms with Crippen LogP contribution in [0.4, 0.5) is 0 Å². The van der Waals surface area contributed by atoms with Crippen LogP contribution in [0.1, 0.15) is 98.3 Å². The molecule has 0 saturated heterocycles. The van der Waals surface area contributed by atoms with E-state index in [9.17, 15) is 15.3 Å². The van der Waals surface area contributed by atoms with Crippen LogP contribution < -0.4 is 0 Å². The van der Waals surface area contributed by atoms with Gasteiger partial charge < -0.3 is 15.3 Å². The molecule has 0 spiro atoms. The second-order valence-corrected chi connectivity index (χ2v) is 12.2. The third kappa shape index (κ3) is 3.82. The predicted molar refractivity (Wildman–Crippen MR) is 122 cm³/mol. The second-order valence-electron chi connectivity index (χ2n) is 12.2. The van der Waals surface area contributed by atoms with E-state index in [4.69, 9.17) is 0 Å². The summed E-state index contributed by atoms with van der Waals surface area (Å²) in [7, 11) is 0. The zero-order valence-electron chi connectivity index (χ0n) is 19.8. The standard InChI is InChI=1S/C27H46O3/c1-17(6-5-7-18(2)25(29)30)22-10-11-23-21-9-8-19-16-20(28)12-14-26(19,3)24(21)13-15-27(22,23)4/h8,17-18,20-25,28-30H,5-7,9-16H2,1-4H3/t17-,18-,20+,21+,22-,23+,24+,26+,27-/m1/s1. The third-order valence-corrected chi connectivity index (χ3v) is 10.7. The maximum Gasteiger partial charge on any atom is 0.154 e. The van der Waals surface area contributed by atoms with Crippen molar-refractivity contribution in [1.82, 2.24) is 0 Å². The molecule has 0 bridgehead atoms. The highest BCUT2D eigenvalue weighted by molar-refractivity contribution is 5.25. The lowest BCUT2D eigenvalue weighted by atomic mass is 9.47. The first kappa shape index (κ1) is 22.8. The molecule has 30 heavy (non-hydrogen) atoms. The topological polar surface area (TPSA) is 60.7 Å². The molecule has 3 saturated carbocycles. The molecule has 4 aliphatic carbocycles. The molecule has 0 unspecified atom stereocenters. The van der Waals surface area contributed by atoms with E-state index < -0.39 is 6.29 Å². The van der Waals surface area contributed by atoms with Crippen LogP contribution in [0, 0.1) is 46.3 Å². The fourth-order valence-electron chi connectivity index (χ4n) is 8.73. The van der Waals surface area contributed by atoms with Crippen LogP contribution in [0.3, 0.4) is 0 Å². The van der Waals surface area contributed by atoms with Crippen molar-refractivity contribution in [2.24, 2.45) is 46.3 Å². The summed E-state index contributed by atoms with van der Waals surface area (Å²) >= 11 is 0. The lowest BCUT2D eigenvalue weighted by Gasteiger charge is -2.58. The molecule has 0 aromatic carbocycles. The van der Waals surface area contributed by atoms with Gasteiger partial charge in [0, 0.05) is 5.92 Å². The van der Waals surface area contributed by atoms with Crippen molar-refractivity contribution >= 4 is 0 Å². The molecule has 3 nitrogen and oxygen atoms in total. The SMILES string of the molecule is C[C@H](CCC[C@@H](C)[C@H]1CC[C@H]2[C@@H]3CC=C4C[C@@H](O)CC[C@]4(C)[C@H]3CC[C@]12C)C(O)O. The second kappa shape index (κ2) is 8.52. The molecule has 0 aliphatic heterocycles. The summed E-state index contributed by atoms with van der Waals surface area (Å²) in [5, 5.41) is 28.9. The van der Waals surface area contributed by atoms with Gasteiger partial charge in [-0.15, -0.1) is 0 Å². The Balaban J connectivity index is 1.44. The van der Waals surface area contributed by atoms with Gasteiger partial charge in [0.05, 0.1) is 6.10 Å². The smallest absolute Gasteiger partial charge is 0.154 e. The van der Waals surface area contributed by atoms with E-state index in [0.717, 1.165) is 55.3 Å². The zero-order valence-corrected chi connectivity index (χ0v) is 19.8. The van der Waals surface area contributed by atoms with Crippen molar-refractivity contribution in [3.05, 3.63) is 11.6 Å². The monoisotopic (exact) mass is 418 g/mol. The van der Waals surface area contributed by atoms with Gasteiger partial charge in [0.2, 0.25) is 0 Å². The summed E-state index contributed by atoms with van der Waals surface area (Å²) in [4.78, 5) is 0. The predicted octanol–water partition coefficient (Wildman–Crippen LogP) is 5.68. The molecule has 3 heteroatoms. The summed E-state index contributed by atoms with van der Waals surface area (Å²) in [5.74, 6) is 4.07. The normalized spacial score (nSPS) is 45.3. The molecule has 4 rings (SSSR count). The molecule has 172 valence electrons. The Labute approximate surface area is 184 Å². The summed E-state index contributed by atoms with van der Waals surface area (Å²) < 4.78 is 0. The fourth-order valence-corrected chi connectivity index (χ4v) is 8.73. The number of fused-ring (bicyclic) bond motifs is 5. The van der Waals surface area contributed by atoms with Gasteiger partial charge in [0.15, 0.2) is 6.29 Å². The van der Waals surface area contributed by atoms with Gasteiger partial charge in [0.1, 0.15) is 0 Å². The Bertz CT molecular complexity index is 642. The third-order valence-electron chi connectivity index (χ3n) is 10.7. The summed E-state index contributed by atoms with van der Waals surface area (Å²) in [6.45, 7) is 9.55. The van der Waals surface area contributed by atoms with Crippen LogP contribution in [-0.4, -0.2) is 27.7 Å². The minimum Gasteiger partial charge on any atom is -0.393 e. The fraction of sp³-hybridized carbons (Fsp3) is 0.926. The molecule has 0 aromatic rings. The maximum absolute atomic E-state index is 10.2. The number of hydrogen-bond acceptors (Lipinski definition) is 3. The lowest BCUT2D eigenvalue weighted by Crippen LogP contribution is -2.50. The average molecular weight is 419 g/mol. The molecule has 9 atom stereocenters. The molecule has 3 N–H and O–H groups in total. The van der Waals surface area contributed by atoms with Crippen molar-refractivity contribution in [3.8, 4) is 0 Å². The minimum atomic E-state index is -1.17. The number of hydrogen-bond donors (Lipinski definition) is 3. The average Bonchev–Trinajstić information content (AvgIpc) is 3.05. The van der Waals surface area contributed by atoms with Gasteiger partial charge in [-0.25, -0.2) is 0 Å². The maximum atomic E-state index is 10.2. The Morgan fingerprint density at radius 3 is 2.50 bits per heavy atom. The lowest BCUT2D eigenvalue weighted by molar-refractivity contribution is -0.0815. The highest BCUT2D eigenvalue weighted by Gasteiger charge is 2.59. The van der Waals surface area contributed by atoms with Gasteiger partial charge in [-0.05, 0) is 98.2 Å². The van der Waals surface area contributed by atoms with Crippen LogP contribution in [0.5, 0.6) is 0 Å². The molecular formula is C27H46O3. The van der Waals surface area contributed by atoms with E-state index in [-0.39, 0.29) is 12.0 Å². The number of aliphatic hydroxyl groups is 3. The van der Waals surface area contributed by atoms with Gasteiger partial charge in [0.25, 0.3) is 0 Å². The van der Waals surface area contributed by atoms with E-state index in [0.29, 0.717) is 10.8 Å². The van der Waals surface area contributed by atoms with E-state index in [1.165, 1.54) is 44.9 Å². The van der Waals surface area contributed by atoms with Crippen LogP contribution in [0.25, 0.3) is 0 Å². The Morgan fingerprint density at radius 2 is 1.77 bits per heavy atom. The first-order valence-corrected chi connectivity index (χ1v) is 12.9. The molecule has 4 aliphatic rings. The molecule has 3 fully saturated rings. The summed E-state index contributed by atoms with van der Waals surface area (Å²) in [5.41, 5.74) is 2.40. The van der Waals surface area contributed by atoms with E-state index in [2.05, 4.69) is 26.8 Å². The van der Waals surface area contributed by atoms with Crippen LogP contribution in [0.2, 0.25) is 0 Å². The van der Waals surface area contributed by atoms with Crippen molar-refractivity contribution < 1.29 is 15.3 Å². The highest BCUT2D eigenvalue weighted by Crippen LogP contribution is 2.67. The van der Waals surface area contributed by atoms with E-state index in [1.807, 2.05) is 6.92 Å². The Morgan fingerprint density at radius 1 is 1.00 bits per heavy atom. The molecule has 0 amide bonds. The van der Waals surface area contributed by atoms with E-state index in [1.54, 1.807) is 5.57 Å². The largest absolute Gasteiger partial charge is 0.393 e. The highest BCUT2D eigenvalue weighted by atomic mass is 16.5. The van der Waals surface area contributed by atoms with Crippen molar-refractivity contribution in [2.75, 3.05) is 0 Å². The van der Waals surface area contributed by atoms with Crippen LogP contribution in [0.15, 0.2) is 11.6 Å². The Kier molecular flexibility index (Phi) is 6.48. The summed E-state index contributed by atoms with van der Waals surface area (Å²) in [6, 6.07) is 0. The van der Waals surface area contributed by atoms with Crippen LogP contribution in [-0.2, 0) is 0 Å². The van der Waals surface area contributed by atoms with Gasteiger partial charge in [-0.1, -0.05) is 52.2 Å². The van der Waals surface area contributed by atoms with Crippen molar-refractivity contribution in [1.29, 1.82) is 0 Å². The number of allylic oxidation sites excluding steroid dienone is 1. The minimum absolute atomic E-state index is 0.0162. The van der Waals surface area contributed by atoms with Crippen molar-refractivity contribution in [2.45, 2.75) is 111 Å². The number of rotatable bonds is 6. The van der Waals surface area contributed by atoms with Gasteiger partial charge in [-0.3, -0.25) is 0 Å². The first-order chi connectivity index (χ1) is 14.2. The van der Waals surface area contributed by atoms with Gasteiger partial charge >= 0.3 is 0 Å². The Hall–Kier alpha value is -0.380. The van der Waals surface area contributed by atoms with E-state index >= 15 is 0 Å². The van der Waals surface area contributed by atoms with Crippen LogP contribution >= 0.6 is 0 Å². The van der Waals surface area contributed by atoms with Crippen molar-refractivity contribution in [3.63, 3.8) is 0 Å². The number of aliphatic hydroxyl groups excluding tert-OH is 2. The first-order valence-electron chi connectivity index (χ1n) is 12.9. The molecule has 0 aromatic heterocycles. The molecule has 0 radical (unpaired) electrons. The summed E-state index contributed by atoms with van der Waals surface area (Å²) in [6.07, 6.45) is 14.4. The zero-order chi connectivity index (χ0) is 21.7. The molecular weight excluding hydrogens is 372 g/mol. The quantitative estimate of drug-likeness (QED) is 0.384. The molecule has 0 heterocycles. The van der Waals surface area contributed by atoms with Gasteiger partial charge in [-0.2, -0.15) is 0 Å².